The maximum atomic E-state index is 2.29. The molecule has 0 aliphatic carbocycles. The Morgan fingerprint density at radius 1 is 0.100 bits per heavy atom. The molecule has 0 bridgehead atoms. The summed E-state index contributed by atoms with van der Waals surface area (Å²) in [6.07, 6.45) is 0. The van der Waals surface area contributed by atoms with Gasteiger partial charge in [0.25, 0.3) is 0 Å². The van der Waals surface area contributed by atoms with Crippen LogP contribution in [0.3, 0.4) is 0 Å². The summed E-state index contributed by atoms with van der Waals surface area (Å²) in [5, 5.41) is 2.68. The number of hydrogen-bond donors (Lipinski definition) is 0. The Morgan fingerprint density at radius 2 is 0.279 bits per heavy atom. The second-order valence-electron chi connectivity index (χ2n) is 30.1. The molecule has 0 saturated heterocycles. The zero-order valence-corrected chi connectivity index (χ0v) is 90.3. The van der Waals surface area contributed by atoms with Crippen molar-refractivity contribution in [1.82, 2.24) is 0 Å². The van der Waals surface area contributed by atoms with Crippen LogP contribution in [0.1, 0.15) is 183 Å². The molecule has 19 aromatic carbocycles. The summed E-state index contributed by atoms with van der Waals surface area (Å²) < 4.78 is 0. The predicted octanol–water partition coefficient (Wildman–Crippen LogP) is 44.0. The van der Waals surface area contributed by atoms with Crippen LogP contribution < -0.4 is 0 Å². The molecular weight excluding hydrogens is 1680 g/mol. The van der Waals surface area contributed by atoms with Crippen molar-refractivity contribution in [2.45, 2.75) is 194 Å². The fraction of sp³-hybridized carbons (Fsp3) is 0.200. The van der Waals surface area contributed by atoms with E-state index in [2.05, 4.69) is 510 Å². The Balaban J connectivity index is 0.000000536. The monoisotopic (exact) mass is 1850 g/mol. The van der Waals surface area contributed by atoms with Crippen LogP contribution in [0.2, 0.25) is 0 Å². The fourth-order valence-electron chi connectivity index (χ4n) is 14.2. The Morgan fingerprint density at radius 3 is 0.593 bits per heavy atom. The van der Waals surface area contributed by atoms with Crippen molar-refractivity contribution >= 4 is 10.8 Å². The maximum absolute atomic E-state index is 2.29. The molecule has 0 amide bonds. The highest BCUT2D eigenvalue weighted by Gasteiger charge is 2.10. The van der Waals surface area contributed by atoms with Gasteiger partial charge in [0.2, 0.25) is 0 Å². The summed E-state index contributed by atoms with van der Waals surface area (Å²) in [5.41, 5.74) is 35.9. The van der Waals surface area contributed by atoms with Crippen LogP contribution in [0.25, 0.3) is 122 Å². The molecule has 0 atom stereocenters. The van der Waals surface area contributed by atoms with Gasteiger partial charge in [-0.15, -0.1) is 0 Å². The van der Waals surface area contributed by atoms with E-state index < -0.39 is 0 Å². The Kier molecular flexibility index (Phi) is 66.4. The van der Waals surface area contributed by atoms with Gasteiger partial charge in [-0.25, -0.2) is 0 Å². The molecule has 19 aromatic rings. The molecule has 0 aliphatic heterocycles. The lowest BCUT2D eigenvalue weighted by Crippen LogP contribution is -1.86. The van der Waals surface area contributed by atoms with Crippen molar-refractivity contribution < 1.29 is 0 Å². The van der Waals surface area contributed by atoms with Crippen LogP contribution in [-0.2, 0) is 0 Å². The van der Waals surface area contributed by atoms with E-state index in [0.29, 0.717) is 0 Å². The van der Waals surface area contributed by atoms with Gasteiger partial charge in [0.1, 0.15) is 0 Å². The van der Waals surface area contributed by atoms with Gasteiger partial charge < -0.3 is 0 Å². The second kappa shape index (κ2) is 76.5. The Bertz CT molecular complexity index is 6100. The summed E-state index contributed by atoms with van der Waals surface area (Å²) in [6.45, 7) is 57.0. The van der Waals surface area contributed by atoms with Crippen molar-refractivity contribution in [3.63, 3.8) is 0 Å². The number of rotatable bonds is 10. The topological polar surface area (TPSA) is 0 Å². The van der Waals surface area contributed by atoms with E-state index in [1.165, 1.54) is 167 Å². The third-order valence-corrected chi connectivity index (χ3v) is 20.6. The molecule has 0 heterocycles. The maximum Gasteiger partial charge on any atom is -0.0155 e. The molecule has 0 nitrogen and oxygen atoms in total. The van der Waals surface area contributed by atoms with Crippen molar-refractivity contribution in [2.24, 2.45) is 0 Å². The van der Waals surface area contributed by atoms with Crippen molar-refractivity contribution in [2.75, 3.05) is 0 Å². The van der Waals surface area contributed by atoms with Gasteiger partial charge in [-0.3, -0.25) is 0 Å². The number of fused-ring (bicyclic) bond motifs is 1. The number of benzene rings is 19. The molecule has 0 saturated carbocycles. The zero-order valence-electron chi connectivity index (χ0n) is 90.3. The average Bonchev–Trinajstić information content (AvgIpc) is 1.71. The lowest BCUT2D eigenvalue weighted by molar-refractivity contribution is 1.46. The average molecular weight is 1850 g/mol. The van der Waals surface area contributed by atoms with E-state index in [9.17, 15) is 0 Å². The lowest BCUT2D eigenvalue weighted by atomic mass is 9.93. The van der Waals surface area contributed by atoms with Gasteiger partial charge in [-0.2, -0.15) is 0 Å². The molecule has 0 fully saturated rings. The van der Waals surface area contributed by atoms with Crippen LogP contribution in [0.15, 0.2) is 497 Å². The molecule has 0 unspecified atom stereocenters. The first kappa shape index (κ1) is 122. The summed E-state index contributed by atoms with van der Waals surface area (Å²) in [6, 6.07) is 174. The first-order chi connectivity index (χ1) is 68.8. The molecule has 0 radical (unpaired) electrons. The third kappa shape index (κ3) is 44.7. The third-order valence-electron chi connectivity index (χ3n) is 20.6. The summed E-state index contributed by atoms with van der Waals surface area (Å²) in [5.74, 6) is 0. The highest BCUT2D eigenvalue weighted by Crippen LogP contribution is 2.35. The van der Waals surface area contributed by atoms with Crippen LogP contribution in [-0.4, -0.2) is 0 Å². The van der Waals surface area contributed by atoms with E-state index in [0.717, 1.165) is 0 Å². The van der Waals surface area contributed by atoms with E-state index >= 15 is 0 Å². The van der Waals surface area contributed by atoms with Gasteiger partial charge in [-0.1, -0.05) is 633 Å². The summed E-state index contributed by atoms with van der Waals surface area (Å²) in [7, 11) is 0. The molecule has 0 spiro atoms. The van der Waals surface area contributed by atoms with Gasteiger partial charge >= 0.3 is 0 Å². The van der Waals surface area contributed by atoms with E-state index in [4.69, 9.17) is 0 Å². The second-order valence-corrected chi connectivity index (χ2v) is 30.1. The largest absolute Gasteiger partial charge is 0.0683 e. The van der Waals surface area contributed by atoms with Crippen LogP contribution in [0.5, 0.6) is 0 Å². The fourth-order valence-corrected chi connectivity index (χ4v) is 14.2. The summed E-state index contributed by atoms with van der Waals surface area (Å²) >= 11 is 0. The van der Waals surface area contributed by atoms with Gasteiger partial charge in [-0.05, 0) is 224 Å². The number of hydrogen-bond acceptors (Lipinski definition) is 0. The first-order valence-electron chi connectivity index (χ1n) is 51.4. The molecule has 0 aromatic heterocycles. The van der Waals surface area contributed by atoms with Gasteiger partial charge in [0, 0.05) is 0 Å². The molecular formula is C140H166. The van der Waals surface area contributed by atoms with Gasteiger partial charge in [0.05, 0.1) is 0 Å². The van der Waals surface area contributed by atoms with Crippen molar-refractivity contribution in [3.05, 3.63) is 542 Å². The first-order valence-corrected chi connectivity index (χ1v) is 51.4. The molecule has 0 N–H and O–H groups in total. The molecule has 0 heteroatoms. The standard InChI is InChI=1S/C25H20.2C19H16.3C13H12.C11H10.C7H8.10C2H6/c1-19-9-8-14-22(15-19)25-17-23(20-10-4-2-5-11-20)16-24(18-25)21-12-6-3-7-13-21;1-15-12-18(16-8-4-2-5-9-16)14-19(13-15)17-10-6-3-7-11-17;1-15-7-5-10-17(13-15)19-12-6-11-18(14-19)16-8-3-2-4-9-16;1-11-7-5-6-10-13(11)12-8-3-2-4-9-12;1-11-6-5-9-13(10-11)12-7-3-2-4-8-12;1-11-7-9-13(10-8-11)12-5-3-2-4-6-12;1-9-5-4-7-10-6-2-3-8-11(9)10;1-7-5-3-2-4-6-7;10*1-2/h2-18H,1H3;2*2-14H,1H3;3*2-10H,1H3;2-8H,1H3;2-6H,1H3;10*1-2H3. The Labute approximate surface area is 851 Å². The smallest absolute Gasteiger partial charge is 0.0155 e. The normalized spacial score (nSPS) is 9.14. The van der Waals surface area contributed by atoms with Crippen LogP contribution in [0.4, 0.5) is 0 Å². The molecule has 19 rings (SSSR count). The molecule has 726 valence electrons. The van der Waals surface area contributed by atoms with Crippen LogP contribution in [0, 0.1) is 55.4 Å². The van der Waals surface area contributed by atoms with Crippen molar-refractivity contribution in [3.8, 4) is 111 Å². The molecule has 0 aliphatic rings. The number of aryl methyl sites for hydroxylation is 8. The van der Waals surface area contributed by atoms with E-state index in [1.807, 2.05) is 181 Å². The minimum Gasteiger partial charge on any atom is -0.0683 e. The predicted molar refractivity (Wildman–Crippen MR) is 635 cm³/mol. The quantitative estimate of drug-likeness (QED) is 0.128. The molecule has 140 heavy (non-hydrogen) atoms. The summed E-state index contributed by atoms with van der Waals surface area (Å²) in [4.78, 5) is 0. The lowest BCUT2D eigenvalue weighted by Gasteiger charge is -2.11. The highest BCUT2D eigenvalue weighted by molar-refractivity contribution is 5.86. The van der Waals surface area contributed by atoms with Gasteiger partial charge in [0.15, 0.2) is 0 Å². The van der Waals surface area contributed by atoms with Crippen molar-refractivity contribution in [1.29, 1.82) is 0 Å². The zero-order chi connectivity index (χ0) is 103. The highest BCUT2D eigenvalue weighted by atomic mass is 14.1. The minimum atomic E-state index is 1.24. The minimum absolute atomic E-state index is 1.24. The van der Waals surface area contributed by atoms with E-state index in [-0.39, 0.29) is 0 Å². The SMILES string of the molecule is CC.CC.CC.CC.CC.CC.CC.CC.CC.CC.Cc1cc(-c2ccccc2)cc(-c2ccccc2)c1.Cc1ccc(-c2ccccc2)cc1.Cc1cccc(-c2cc(-c3ccccc3)cc(-c3ccccc3)c2)c1.Cc1cccc(-c2cccc(-c3ccccc3)c2)c1.Cc1cccc(-c2ccccc2)c1.Cc1cccc2ccccc12.Cc1ccccc1.Cc1ccccc1-c1ccccc1. The van der Waals surface area contributed by atoms with Crippen LogP contribution >= 0.6 is 0 Å². The van der Waals surface area contributed by atoms with E-state index in [1.54, 1.807) is 0 Å². The Hall–Kier alpha value is -14.6.